The number of hydrogen-bond acceptors (Lipinski definition) is 5. The molecule has 2 aromatic rings. The molecular weight excluding hydrogens is 281 g/mol. The molecular formula is C12H16FN5OS. The molecule has 2 N–H and O–H groups in total. The van der Waals surface area contributed by atoms with Crippen molar-refractivity contribution >= 4 is 16.5 Å². The van der Waals surface area contributed by atoms with E-state index >= 15 is 0 Å². The number of aryl methyl sites for hydroxylation is 1. The molecule has 6 nitrogen and oxygen atoms in total. The highest BCUT2D eigenvalue weighted by molar-refractivity contribution is 7.84. The Hall–Kier alpha value is -1.83. The number of nitrogens with two attached hydrogens (primary N) is 1. The van der Waals surface area contributed by atoms with Crippen LogP contribution in [0.15, 0.2) is 12.1 Å². The Morgan fingerprint density at radius 2 is 2.20 bits per heavy atom. The Bertz CT molecular complexity index is 620. The maximum atomic E-state index is 13.7. The topological polar surface area (TPSA) is 86.7 Å². The zero-order valence-electron chi connectivity index (χ0n) is 11.3. The number of halogens is 1. The van der Waals surface area contributed by atoms with Crippen LogP contribution in [0.5, 0.6) is 0 Å². The van der Waals surface area contributed by atoms with Crippen LogP contribution in [0.3, 0.4) is 0 Å². The molecule has 1 atom stereocenters. The summed E-state index contributed by atoms with van der Waals surface area (Å²) in [6.07, 6.45) is 0. The van der Waals surface area contributed by atoms with E-state index in [4.69, 9.17) is 5.73 Å². The van der Waals surface area contributed by atoms with Gasteiger partial charge in [0.25, 0.3) is 0 Å². The zero-order chi connectivity index (χ0) is 14.7. The maximum absolute atomic E-state index is 13.7. The van der Waals surface area contributed by atoms with Gasteiger partial charge in [0, 0.05) is 39.1 Å². The van der Waals surface area contributed by atoms with Crippen LogP contribution in [0.2, 0.25) is 0 Å². The van der Waals surface area contributed by atoms with Gasteiger partial charge in [-0.15, -0.1) is 5.10 Å². The van der Waals surface area contributed by atoms with E-state index in [9.17, 15) is 8.60 Å². The van der Waals surface area contributed by atoms with Crippen LogP contribution in [-0.4, -0.2) is 35.9 Å². The molecule has 2 rings (SSSR count). The number of hydrogen-bond donors (Lipinski definition) is 1. The first-order valence-corrected chi connectivity index (χ1v) is 7.68. The maximum Gasteiger partial charge on any atom is 0.182 e. The number of benzene rings is 1. The van der Waals surface area contributed by atoms with E-state index in [2.05, 4.69) is 15.5 Å². The summed E-state index contributed by atoms with van der Waals surface area (Å²) in [5.41, 5.74) is 7.02. The van der Waals surface area contributed by atoms with Crippen molar-refractivity contribution in [3.05, 3.63) is 23.5 Å². The number of anilines is 1. The average Bonchev–Trinajstić information content (AvgIpc) is 2.89. The van der Waals surface area contributed by atoms with E-state index in [0.29, 0.717) is 40.7 Å². The van der Waals surface area contributed by atoms with E-state index in [-0.39, 0.29) is 0 Å². The molecule has 0 saturated heterocycles. The van der Waals surface area contributed by atoms with Crippen molar-refractivity contribution in [3.8, 4) is 11.4 Å². The summed E-state index contributed by atoms with van der Waals surface area (Å²) in [6, 6.07) is 2.99. The molecule has 1 unspecified atom stereocenters. The van der Waals surface area contributed by atoms with Crippen molar-refractivity contribution in [2.45, 2.75) is 20.4 Å². The molecule has 0 aliphatic heterocycles. The number of rotatable bonds is 5. The molecule has 8 heteroatoms. The van der Waals surface area contributed by atoms with Crippen molar-refractivity contribution in [3.63, 3.8) is 0 Å². The van der Waals surface area contributed by atoms with Gasteiger partial charge in [0.1, 0.15) is 5.82 Å². The Kier molecular flexibility index (Phi) is 4.43. The van der Waals surface area contributed by atoms with Gasteiger partial charge in [-0.25, -0.2) is 9.07 Å². The Morgan fingerprint density at radius 1 is 1.45 bits per heavy atom. The summed E-state index contributed by atoms with van der Waals surface area (Å²) in [5, 5.41) is 11.3. The fraction of sp³-hybridized carbons (Fsp3) is 0.417. The van der Waals surface area contributed by atoms with Crippen LogP contribution in [-0.2, 0) is 17.3 Å². The number of nitrogen functional groups attached to an aromatic ring is 1. The van der Waals surface area contributed by atoms with Gasteiger partial charge in [0.15, 0.2) is 5.82 Å². The van der Waals surface area contributed by atoms with Gasteiger partial charge in [-0.3, -0.25) is 4.21 Å². The lowest BCUT2D eigenvalue weighted by Crippen LogP contribution is -2.11. The van der Waals surface area contributed by atoms with Crippen LogP contribution in [0.1, 0.15) is 12.5 Å². The highest BCUT2D eigenvalue weighted by atomic mass is 32.2. The van der Waals surface area contributed by atoms with Crippen molar-refractivity contribution < 1.29 is 8.60 Å². The van der Waals surface area contributed by atoms with Gasteiger partial charge < -0.3 is 5.73 Å². The van der Waals surface area contributed by atoms with E-state index in [0.717, 1.165) is 0 Å². The third kappa shape index (κ3) is 3.01. The fourth-order valence-corrected chi connectivity index (χ4v) is 2.39. The highest BCUT2D eigenvalue weighted by Crippen LogP contribution is 2.24. The highest BCUT2D eigenvalue weighted by Gasteiger charge is 2.13. The SMILES string of the molecule is CCS(=O)CCn1nnnc1-c1cc(N)c(C)c(F)c1. The molecule has 108 valence electrons. The van der Waals surface area contributed by atoms with E-state index in [1.54, 1.807) is 13.0 Å². The van der Waals surface area contributed by atoms with Crippen LogP contribution in [0.4, 0.5) is 10.1 Å². The lowest BCUT2D eigenvalue weighted by Gasteiger charge is -2.07. The summed E-state index contributed by atoms with van der Waals surface area (Å²) in [6.45, 7) is 3.88. The zero-order valence-corrected chi connectivity index (χ0v) is 12.2. The second-order valence-electron chi connectivity index (χ2n) is 4.33. The minimum absolute atomic E-state index is 0.353. The monoisotopic (exact) mass is 297 g/mol. The summed E-state index contributed by atoms with van der Waals surface area (Å²) in [5.74, 6) is 1.07. The number of aromatic nitrogens is 4. The smallest absolute Gasteiger partial charge is 0.182 e. The van der Waals surface area contributed by atoms with Crippen molar-refractivity contribution in [1.82, 2.24) is 20.2 Å². The molecule has 0 fully saturated rings. The van der Waals surface area contributed by atoms with Gasteiger partial charge in [-0.1, -0.05) is 6.92 Å². The van der Waals surface area contributed by atoms with Gasteiger partial charge >= 0.3 is 0 Å². The lowest BCUT2D eigenvalue weighted by atomic mass is 10.1. The van der Waals surface area contributed by atoms with Gasteiger partial charge in [-0.2, -0.15) is 0 Å². The molecule has 0 saturated carbocycles. The Labute approximate surface area is 118 Å². The van der Waals surface area contributed by atoms with Crippen molar-refractivity contribution in [2.75, 3.05) is 17.2 Å². The van der Waals surface area contributed by atoms with Gasteiger partial charge in [0.2, 0.25) is 0 Å². The first-order chi connectivity index (χ1) is 9.52. The molecule has 20 heavy (non-hydrogen) atoms. The van der Waals surface area contributed by atoms with Crippen molar-refractivity contribution in [2.24, 2.45) is 0 Å². The van der Waals surface area contributed by atoms with E-state index in [1.807, 2.05) is 6.92 Å². The van der Waals surface area contributed by atoms with Gasteiger partial charge in [0.05, 0.1) is 6.54 Å². The molecule has 1 aromatic carbocycles. The minimum atomic E-state index is -0.904. The molecule has 0 radical (unpaired) electrons. The minimum Gasteiger partial charge on any atom is -0.398 e. The molecule has 0 spiro atoms. The standard InChI is InChI=1S/C12H16FN5OS/c1-3-20(19)5-4-18-12(15-16-17-18)9-6-10(13)8(2)11(14)7-9/h6-7H,3-5,14H2,1-2H3. The van der Waals surface area contributed by atoms with Crippen LogP contribution < -0.4 is 5.73 Å². The quantitative estimate of drug-likeness (QED) is 0.836. The third-order valence-electron chi connectivity index (χ3n) is 3.03. The molecule has 0 bridgehead atoms. The fourth-order valence-electron chi connectivity index (χ4n) is 1.72. The molecule has 0 amide bonds. The molecule has 1 heterocycles. The summed E-state index contributed by atoms with van der Waals surface area (Å²) in [4.78, 5) is 0. The number of nitrogens with zero attached hydrogens (tertiary/aromatic N) is 4. The van der Waals surface area contributed by atoms with Gasteiger partial charge in [-0.05, 0) is 29.5 Å². The van der Waals surface area contributed by atoms with Crippen LogP contribution in [0, 0.1) is 12.7 Å². The predicted octanol–water partition coefficient (Wildman–Crippen LogP) is 1.14. The number of tetrazole rings is 1. The summed E-state index contributed by atoms with van der Waals surface area (Å²) in [7, 11) is -0.904. The summed E-state index contributed by atoms with van der Waals surface area (Å²) < 4.78 is 26.7. The second kappa shape index (κ2) is 6.08. The second-order valence-corrected chi connectivity index (χ2v) is 6.20. The lowest BCUT2D eigenvalue weighted by molar-refractivity contribution is 0.615. The van der Waals surface area contributed by atoms with Crippen molar-refractivity contribution in [1.29, 1.82) is 0 Å². The molecule has 0 aliphatic rings. The average molecular weight is 297 g/mol. The Balaban J connectivity index is 2.30. The first-order valence-electron chi connectivity index (χ1n) is 6.20. The molecule has 1 aromatic heterocycles. The predicted molar refractivity (Wildman–Crippen MR) is 75.9 cm³/mol. The normalized spacial score (nSPS) is 12.6. The third-order valence-corrected chi connectivity index (χ3v) is 4.31. The molecule has 0 aliphatic carbocycles. The van der Waals surface area contributed by atoms with Crippen LogP contribution in [0.25, 0.3) is 11.4 Å². The summed E-state index contributed by atoms with van der Waals surface area (Å²) >= 11 is 0. The first kappa shape index (κ1) is 14.6. The largest absolute Gasteiger partial charge is 0.398 e. The van der Waals surface area contributed by atoms with E-state index in [1.165, 1.54) is 10.7 Å². The Morgan fingerprint density at radius 3 is 2.85 bits per heavy atom. The van der Waals surface area contributed by atoms with E-state index < -0.39 is 16.6 Å². The van der Waals surface area contributed by atoms with Crippen LogP contribution >= 0.6 is 0 Å².